The van der Waals surface area contributed by atoms with E-state index < -0.39 is 10.0 Å². The second-order valence-corrected chi connectivity index (χ2v) is 9.72. The highest BCUT2D eigenvalue weighted by Crippen LogP contribution is 2.22. The molecular weight excluding hydrogens is 386 g/mol. The summed E-state index contributed by atoms with van der Waals surface area (Å²) in [6.45, 7) is 5.01. The Bertz CT molecular complexity index is 943. The van der Waals surface area contributed by atoms with Gasteiger partial charge >= 0.3 is 0 Å². The van der Waals surface area contributed by atoms with Crippen molar-refractivity contribution < 1.29 is 8.42 Å². The quantitative estimate of drug-likeness (QED) is 0.474. The molecule has 1 aromatic heterocycles. The number of piperidine rings is 1. The van der Waals surface area contributed by atoms with Crippen LogP contribution in [0.3, 0.4) is 0 Å². The van der Waals surface area contributed by atoms with E-state index in [4.69, 9.17) is 0 Å². The molecule has 0 radical (unpaired) electrons. The van der Waals surface area contributed by atoms with Crippen molar-refractivity contribution in [1.29, 1.82) is 0 Å². The third-order valence-corrected chi connectivity index (χ3v) is 7.08. The van der Waals surface area contributed by atoms with Crippen LogP contribution in [0, 0.1) is 5.92 Å². The number of aliphatic imine (C=N–C) groups is 1. The van der Waals surface area contributed by atoms with Crippen molar-refractivity contribution in [2.24, 2.45) is 10.9 Å². The summed E-state index contributed by atoms with van der Waals surface area (Å²) in [6, 6.07) is 6.48. The standard InChI is InChI=1S/C21H33N5O2S/c1-4-17-6-5-7-19-18(15-24-20(17)19)8-11-23-21(22-2)25-14-16-9-12-26(13-10-16)29(3,27)28/h5-7,15-16,24H,4,8-14H2,1-3H3,(H2,22,23,25). The molecule has 8 heteroatoms. The Labute approximate surface area is 174 Å². The lowest BCUT2D eigenvalue weighted by Crippen LogP contribution is -2.44. The number of nitrogens with one attached hydrogen (secondary N) is 3. The van der Waals surface area contributed by atoms with Crippen LogP contribution in [0.2, 0.25) is 0 Å². The summed E-state index contributed by atoms with van der Waals surface area (Å²) in [5.74, 6) is 1.26. The molecule has 0 spiro atoms. The lowest BCUT2D eigenvalue weighted by Gasteiger charge is -2.30. The van der Waals surface area contributed by atoms with E-state index in [9.17, 15) is 8.42 Å². The fraction of sp³-hybridized carbons (Fsp3) is 0.571. The molecule has 0 bridgehead atoms. The van der Waals surface area contributed by atoms with Crippen molar-refractivity contribution in [2.75, 3.05) is 39.5 Å². The number of sulfonamides is 1. The number of aromatic nitrogens is 1. The normalized spacial score (nSPS) is 17.0. The number of hydrogen-bond acceptors (Lipinski definition) is 3. The van der Waals surface area contributed by atoms with Crippen LogP contribution in [-0.2, 0) is 22.9 Å². The number of benzene rings is 1. The molecule has 0 unspecified atom stereocenters. The molecule has 2 aromatic rings. The Hall–Kier alpha value is -2.06. The number of H-pyrrole nitrogens is 1. The van der Waals surface area contributed by atoms with E-state index in [2.05, 4.69) is 51.9 Å². The molecule has 2 heterocycles. The summed E-state index contributed by atoms with van der Waals surface area (Å²) in [4.78, 5) is 7.74. The van der Waals surface area contributed by atoms with Crippen molar-refractivity contribution in [1.82, 2.24) is 19.9 Å². The van der Waals surface area contributed by atoms with Gasteiger partial charge in [0.05, 0.1) is 6.26 Å². The molecule has 3 N–H and O–H groups in total. The van der Waals surface area contributed by atoms with Gasteiger partial charge in [0.15, 0.2) is 5.96 Å². The van der Waals surface area contributed by atoms with Crippen LogP contribution < -0.4 is 10.6 Å². The first-order valence-electron chi connectivity index (χ1n) is 10.4. The van der Waals surface area contributed by atoms with Crippen molar-refractivity contribution in [3.63, 3.8) is 0 Å². The van der Waals surface area contributed by atoms with Crippen molar-refractivity contribution >= 4 is 26.9 Å². The fourth-order valence-corrected chi connectivity index (χ4v) is 4.87. The molecule has 0 saturated carbocycles. The van der Waals surface area contributed by atoms with Crippen LogP contribution in [0.15, 0.2) is 29.4 Å². The second kappa shape index (κ2) is 9.63. The van der Waals surface area contributed by atoms with Gasteiger partial charge in [-0.05, 0) is 42.7 Å². The largest absolute Gasteiger partial charge is 0.361 e. The van der Waals surface area contributed by atoms with Crippen molar-refractivity contribution in [3.05, 3.63) is 35.5 Å². The Balaban J connectivity index is 1.45. The minimum Gasteiger partial charge on any atom is -0.361 e. The highest BCUT2D eigenvalue weighted by atomic mass is 32.2. The third-order valence-electron chi connectivity index (χ3n) is 5.78. The summed E-state index contributed by atoms with van der Waals surface area (Å²) in [7, 11) is -1.29. The summed E-state index contributed by atoms with van der Waals surface area (Å²) >= 11 is 0. The molecule has 1 saturated heterocycles. The van der Waals surface area contributed by atoms with E-state index >= 15 is 0 Å². The van der Waals surface area contributed by atoms with E-state index in [0.29, 0.717) is 19.0 Å². The first-order chi connectivity index (χ1) is 13.9. The monoisotopic (exact) mass is 419 g/mol. The second-order valence-electron chi connectivity index (χ2n) is 7.74. The Kier molecular flexibility index (Phi) is 7.18. The number of aryl methyl sites for hydroxylation is 1. The van der Waals surface area contributed by atoms with Gasteiger partial charge in [0.2, 0.25) is 10.0 Å². The zero-order valence-electron chi connectivity index (χ0n) is 17.7. The lowest BCUT2D eigenvalue weighted by atomic mass is 9.98. The predicted molar refractivity (Wildman–Crippen MR) is 120 cm³/mol. The Morgan fingerprint density at radius 1 is 1.24 bits per heavy atom. The highest BCUT2D eigenvalue weighted by Gasteiger charge is 2.24. The third kappa shape index (κ3) is 5.51. The van der Waals surface area contributed by atoms with E-state index in [1.165, 1.54) is 28.3 Å². The van der Waals surface area contributed by atoms with Gasteiger partial charge in [0.25, 0.3) is 0 Å². The number of hydrogen-bond donors (Lipinski definition) is 3. The van der Waals surface area contributed by atoms with E-state index in [1.807, 2.05) is 0 Å². The minimum atomic E-state index is -3.06. The first kappa shape index (κ1) is 21.6. The average molecular weight is 420 g/mol. The number of fused-ring (bicyclic) bond motifs is 1. The van der Waals surface area contributed by atoms with Crippen molar-refractivity contribution in [2.45, 2.75) is 32.6 Å². The predicted octanol–water partition coefficient (Wildman–Crippen LogP) is 2.11. The van der Waals surface area contributed by atoms with Crippen molar-refractivity contribution in [3.8, 4) is 0 Å². The number of nitrogens with zero attached hydrogens (tertiary/aromatic N) is 2. The van der Waals surface area contributed by atoms with E-state index in [0.717, 1.165) is 44.7 Å². The van der Waals surface area contributed by atoms with Crippen LogP contribution in [0.25, 0.3) is 10.9 Å². The maximum atomic E-state index is 11.6. The summed E-state index contributed by atoms with van der Waals surface area (Å²) in [5.41, 5.74) is 3.90. The molecule has 0 aliphatic carbocycles. The maximum absolute atomic E-state index is 11.6. The number of aromatic amines is 1. The summed E-state index contributed by atoms with van der Waals surface area (Å²) < 4.78 is 24.8. The molecule has 1 aliphatic rings. The number of rotatable bonds is 7. The van der Waals surface area contributed by atoms with Crippen LogP contribution in [0.5, 0.6) is 0 Å². The van der Waals surface area contributed by atoms with Crippen LogP contribution in [-0.4, -0.2) is 63.1 Å². The number of para-hydroxylation sites is 1. The lowest BCUT2D eigenvalue weighted by molar-refractivity contribution is 0.275. The molecule has 7 nitrogen and oxygen atoms in total. The van der Waals surface area contributed by atoms with Crippen LogP contribution >= 0.6 is 0 Å². The van der Waals surface area contributed by atoms with Gasteiger partial charge in [0, 0.05) is 50.3 Å². The molecule has 1 aliphatic heterocycles. The molecule has 160 valence electrons. The highest BCUT2D eigenvalue weighted by molar-refractivity contribution is 7.88. The Morgan fingerprint density at radius 3 is 2.66 bits per heavy atom. The zero-order valence-corrected chi connectivity index (χ0v) is 18.5. The topological polar surface area (TPSA) is 89.6 Å². The first-order valence-corrected chi connectivity index (χ1v) is 12.2. The fourth-order valence-electron chi connectivity index (χ4n) is 4.00. The molecule has 1 aromatic carbocycles. The van der Waals surface area contributed by atoms with Crippen LogP contribution in [0.1, 0.15) is 30.9 Å². The van der Waals surface area contributed by atoms with Gasteiger partial charge in [-0.1, -0.05) is 25.1 Å². The Morgan fingerprint density at radius 2 is 2.00 bits per heavy atom. The smallest absolute Gasteiger partial charge is 0.211 e. The molecule has 3 rings (SSSR count). The maximum Gasteiger partial charge on any atom is 0.211 e. The molecular formula is C21H33N5O2S. The van der Waals surface area contributed by atoms with Gasteiger partial charge in [-0.3, -0.25) is 4.99 Å². The SMILES string of the molecule is CCc1cccc2c(CCNC(=NC)NCC3CCN(S(C)(=O)=O)CC3)c[nH]c12. The molecule has 0 amide bonds. The molecule has 0 atom stereocenters. The minimum absolute atomic E-state index is 0.465. The average Bonchev–Trinajstić information content (AvgIpc) is 3.13. The van der Waals surface area contributed by atoms with Gasteiger partial charge in [-0.2, -0.15) is 0 Å². The van der Waals surface area contributed by atoms with Crippen LogP contribution in [0.4, 0.5) is 0 Å². The summed E-state index contributed by atoms with van der Waals surface area (Å²) in [5, 5.41) is 8.08. The van der Waals surface area contributed by atoms with Gasteiger partial charge in [-0.25, -0.2) is 12.7 Å². The van der Waals surface area contributed by atoms with E-state index in [-0.39, 0.29) is 0 Å². The molecule has 29 heavy (non-hydrogen) atoms. The van der Waals surface area contributed by atoms with E-state index in [1.54, 1.807) is 11.4 Å². The summed E-state index contributed by atoms with van der Waals surface area (Å²) in [6.07, 6.45) is 7.10. The zero-order chi connectivity index (χ0) is 20.9. The van der Waals surface area contributed by atoms with Gasteiger partial charge in [-0.15, -0.1) is 0 Å². The van der Waals surface area contributed by atoms with Gasteiger partial charge in [0.1, 0.15) is 0 Å². The molecule has 1 fully saturated rings. The van der Waals surface area contributed by atoms with Gasteiger partial charge < -0.3 is 15.6 Å². The number of guanidine groups is 1.